The van der Waals surface area contributed by atoms with E-state index in [1.807, 2.05) is 54.6 Å². The summed E-state index contributed by atoms with van der Waals surface area (Å²) in [4.78, 5) is 28.0. The van der Waals surface area contributed by atoms with Crippen LogP contribution < -0.4 is 5.32 Å². The van der Waals surface area contributed by atoms with Crippen molar-refractivity contribution < 1.29 is 9.59 Å². The van der Waals surface area contributed by atoms with Crippen molar-refractivity contribution in [3.8, 4) is 5.69 Å². The maximum absolute atomic E-state index is 13.2. The van der Waals surface area contributed by atoms with Crippen LogP contribution in [0.25, 0.3) is 5.69 Å². The minimum Gasteiger partial charge on any atom is -0.333 e. The van der Waals surface area contributed by atoms with E-state index >= 15 is 0 Å². The van der Waals surface area contributed by atoms with Crippen LogP contribution in [0, 0.1) is 5.92 Å². The van der Waals surface area contributed by atoms with Gasteiger partial charge < -0.3 is 10.2 Å². The van der Waals surface area contributed by atoms with Gasteiger partial charge in [-0.25, -0.2) is 4.68 Å². The number of aromatic nitrogens is 2. The van der Waals surface area contributed by atoms with Crippen LogP contribution >= 0.6 is 11.6 Å². The van der Waals surface area contributed by atoms with E-state index in [0.717, 1.165) is 30.5 Å². The summed E-state index contributed by atoms with van der Waals surface area (Å²) in [5, 5.41) is 8.28. The highest BCUT2D eigenvalue weighted by Crippen LogP contribution is 2.30. The van der Waals surface area contributed by atoms with Crippen molar-refractivity contribution >= 4 is 29.2 Å². The second kappa shape index (κ2) is 10.6. The Bertz CT molecular complexity index is 1180. The molecule has 1 fully saturated rings. The van der Waals surface area contributed by atoms with Crippen molar-refractivity contribution in [2.24, 2.45) is 5.92 Å². The predicted octanol–water partition coefficient (Wildman–Crippen LogP) is 5.63. The number of hydrogen-bond donors (Lipinski definition) is 1. The van der Waals surface area contributed by atoms with Gasteiger partial charge in [-0.05, 0) is 37.0 Å². The van der Waals surface area contributed by atoms with Crippen molar-refractivity contribution in [3.63, 3.8) is 0 Å². The summed E-state index contributed by atoms with van der Waals surface area (Å²) in [5.74, 6) is 0.378. The van der Waals surface area contributed by atoms with Gasteiger partial charge in [0.05, 0.1) is 22.9 Å². The van der Waals surface area contributed by atoms with E-state index in [0.29, 0.717) is 29.5 Å². The van der Waals surface area contributed by atoms with Crippen LogP contribution in [0.2, 0.25) is 5.02 Å². The molecule has 6 nitrogen and oxygen atoms in total. The molecule has 0 bridgehead atoms. The van der Waals surface area contributed by atoms with E-state index in [9.17, 15) is 9.59 Å². The fraction of sp³-hybridized carbons (Fsp3) is 0.393. The number of halogens is 1. The molecule has 184 valence electrons. The van der Waals surface area contributed by atoms with Gasteiger partial charge in [-0.1, -0.05) is 81.3 Å². The van der Waals surface area contributed by atoms with Gasteiger partial charge in [0.15, 0.2) is 0 Å². The number of carbonyl (C=O) groups excluding carboxylic acids is 2. The van der Waals surface area contributed by atoms with Gasteiger partial charge in [0, 0.05) is 23.9 Å². The fourth-order valence-electron chi connectivity index (χ4n) is 4.09. The zero-order valence-electron chi connectivity index (χ0n) is 20.6. The maximum atomic E-state index is 13.2. The smallest absolute Gasteiger partial charge is 0.245 e. The molecule has 1 aromatic heterocycles. The molecular formula is C28H33ClN4O2. The number of hydrogen-bond acceptors (Lipinski definition) is 3. The zero-order valence-corrected chi connectivity index (χ0v) is 21.4. The van der Waals surface area contributed by atoms with E-state index in [2.05, 4.69) is 26.1 Å². The Kier molecular flexibility index (Phi) is 7.60. The highest BCUT2D eigenvalue weighted by molar-refractivity contribution is 6.32. The van der Waals surface area contributed by atoms with Gasteiger partial charge in [-0.2, -0.15) is 5.10 Å². The lowest BCUT2D eigenvalue weighted by Gasteiger charge is -2.31. The lowest BCUT2D eigenvalue weighted by molar-refractivity contribution is -0.140. The number of para-hydroxylation sites is 1. The molecule has 0 spiro atoms. The average Bonchev–Trinajstić information content (AvgIpc) is 3.20. The maximum Gasteiger partial charge on any atom is 0.245 e. The summed E-state index contributed by atoms with van der Waals surface area (Å²) < 4.78 is 1.67. The molecule has 1 heterocycles. The van der Waals surface area contributed by atoms with Crippen LogP contribution in [0.4, 0.5) is 5.82 Å². The first-order valence-corrected chi connectivity index (χ1v) is 12.6. The molecule has 7 heteroatoms. The Hall–Kier alpha value is -3.12. The molecule has 1 aliphatic carbocycles. The molecule has 0 radical (unpaired) electrons. The van der Waals surface area contributed by atoms with E-state index in [4.69, 9.17) is 16.7 Å². The van der Waals surface area contributed by atoms with Crippen LogP contribution in [-0.4, -0.2) is 39.6 Å². The zero-order chi connectivity index (χ0) is 25.0. The van der Waals surface area contributed by atoms with Crippen molar-refractivity contribution in [1.29, 1.82) is 0 Å². The normalized spacial score (nSPS) is 13.8. The molecular weight excluding hydrogens is 460 g/mol. The second-order valence-corrected chi connectivity index (χ2v) is 10.6. The third kappa shape index (κ3) is 6.12. The van der Waals surface area contributed by atoms with E-state index in [1.54, 1.807) is 15.6 Å². The van der Waals surface area contributed by atoms with Gasteiger partial charge in [-0.3, -0.25) is 9.59 Å². The van der Waals surface area contributed by atoms with Gasteiger partial charge in [-0.15, -0.1) is 0 Å². The summed E-state index contributed by atoms with van der Waals surface area (Å²) in [6.45, 7) is 6.71. The Balaban J connectivity index is 1.54. The highest BCUT2D eigenvalue weighted by Gasteiger charge is 2.30. The van der Waals surface area contributed by atoms with E-state index < -0.39 is 0 Å². The van der Waals surface area contributed by atoms with E-state index in [1.165, 1.54) is 0 Å². The first kappa shape index (κ1) is 25.0. The second-order valence-electron chi connectivity index (χ2n) is 10.2. The van der Waals surface area contributed by atoms with Crippen LogP contribution in [0.15, 0.2) is 60.7 Å². The van der Waals surface area contributed by atoms with Crippen LogP contribution in [0.3, 0.4) is 0 Å². The number of carbonyl (C=O) groups is 2. The number of amides is 2. The van der Waals surface area contributed by atoms with Crippen LogP contribution in [0.5, 0.6) is 0 Å². The molecule has 0 atom stereocenters. The Morgan fingerprint density at radius 1 is 1.09 bits per heavy atom. The van der Waals surface area contributed by atoms with Gasteiger partial charge in [0.25, 0.3) is 0 Å². The largest absolute Gasteiger partial charge is 0.333 e. The summed E-state index contributed by atoms with van der Waals surface area (Å²) in [7, 11) is 0. The van der Waals surface area contributed by atoms with Gasteiger partial charge in [0.2, 0.25) is 11.8 Å². The topological polar surface area (TPSA) is 67.2 Å². The first-order valence-electron chi connectivity index (χ1n) is 12.2. The number of benzene rings is 2. The number of nitrogens with zero attached hydrogens (tertiary/aromatic N) is 3. The molecule has 1 aliphatic rings. The SMILES string of the molecule is CC(C)(C)c1cc(NC(=O)CN(CCc2ccccc2)C(=O)C2CCC2)n(-c2ccccc2Cl)n1. The Labute approximate surface area is 212 Å². The molecule has 2 aromatic carbocycles. The average molecular weight is 493 g/mol. The third-order valence-electron chi connectivity index (χ3n) is 6.44. The van der Waals surface area contributed by atoms with Crippen molar-refractivity contribution in [1.82, 2.24) is 14.7 Å². The molecule has 3 aromatic rings. The van der Waals surface area contributed by atoms with Crippen LogP contribution in [-0.2, 0) is 21.4 Å². The monoisotopic (exact) mass is 492 g/mol. The molecule has 1 N–H and O–H groups in total. The number of anilines is 1. The minimum atomic E-state index is -0.251. The van der Waals surface area contributed by atoms with Crippen LogP contribution in [0.1, 0.15) is 51.3 Å². The van der Waals surface area contributed by atoms with Crippen molar-refractivity contribution in [2.45, 2.75) is 51.9 Å². The first-order chi connectivity index (χ1) is 16.7. The van der Waals surface area contributed by atoms with Gasteiger partial charge >= 0.3 is 0 Å². The van der Waals surface area contributed by atoms with Crippen molar-refractivity contribution in [2.75, 3.05) is 18.4 Å². The minimum absolute atomic E-state index is 0.000714. The predicted molar refractivity (Wildman–Crippen MR) is 140 cm³/mol. The molecule has 0 unspecified atom stereocenters. The molecule has 2 amide bonds. The van der Waals surface area contributed by atoms with Crippen molar-refractivity contribution in [3.05, 3.63) is 76.9 Å². The number of rotatable bonds is 8. The number of nitrogens with one attached hydrogen (secondary N) is 1. The molecule has 1 saturated carbocycles. The summed E-state index contributed by atoms with van der Waals surface area (Å²) >= 11 is 6.45. The standard InChI is InChI=1S/C28H33ClN4O2/c1-28(2,3)24-18-25(33(31-24)23-15-8-7-14-22(23)29)30-26(34)19-32(27(35)21-12-9-13-21)17-16-20-10-5-4-6-11-20/h4-8,10-11,14-15,18,21H,9,12-13,16-17,19H2,1-3H3,(H,30,34). The quantitative estimate of drug-likeness (QED) is 0.443. The fourth-order valence-corrected chi connectivity index (χ4v) is 4.30. The molecule has 0 saturated heterocycles. The van der Waals surface area contributed by atoms with E-state index in [-0.39, 0.29) is 29.7 Å². The summed E-state index contributed by atoms with van der Waals surface area (Å²) in [5.41, 5.74) is 2.45. The lowest BCUT2D eigenvalue weighted by Crippen LogP contribution is -2.44. The third-order valence-corrected chi connectivity index (χ3v) is 6.76. The summed E-state index contributed by atoms with van der Waals surface area (Å²) in [6, 6.07) is 19.3. The van der Waals surface area contributed by atoms with Gasteiger partial charge in [0.1, 0.15) is 5.82 Å². The molecule has 4 rings (SSSR count). The lowest BCUT2D eigenvalue weighted by atomic mass is 9.84. The molecule has 35 heavy (non-hydrogen) atoms. The Morgan fingerprint density at radius 2 is 1.77 bits per heavy atom. The Morgan fingerprint density at radius 3 is 2.40 bits per heavy atom. The summed E-state index contributed by atoms with van der Waals surface area (Å²) in [6.07, 6.45) is 3.58. The highest BCUT2D eigenvalue weighted by atomic mass is 35.5. The molecule has 0 aliphatic heterocycles.